The second-order valence-electron chi connectivity index (χ2n) is 4.87. The molecule has 0 radical (unpaired) electrons. The molecule has 1 atom stereocenters. The van der Waals surface area contributed by atoms with Gasteiger partial charge in [0.2, 0.25) is 0 Å². The van der Waals surface area contributed by atoms with Crippen molar-refractivity contribution in [2.24, 2.45) is 0 Å². The fraction of sp³-hybridized carbons (Fsp3) is 0.600. The third kappa shape index (κ3) is 6.44. The van der Waals surface area contributed by atoms with Crippen molar-refractivity contribution in [1.82, 2.24) is 10.2 Å². The Labute approximate surface area is 106 Å². The molecule has 2 heteroatoms. The molecule has 0 spiro atoms. The van der Waals surface area contributed by atoms with Gasteiger partial charge in [0.15, 0.2) is 0 Å². The lowest BCUT2D eigenvalue weighted by Gasteiger charge is -2.19. The van der Waals surface area contributed by atoms with E-state index in [1.54, 1.807) is 0 Å². The van der Waals surface area contributed by atoms with Gasteiger partial charge in [0.25, 0.3) is 0 Å². The minimum atomic E-state index is 0.644. The molecule has 0 saturated heterocycles. The fourth-order valence-corrected chi connectivity index (χ4v) is 2.01. The van der Waals surface area contributed by atoms with Crippen molar-refractivity contribution >= 4 is 0 Å². The van der Waals surface area contributed by atoms with Crippen LogP contribution >= 0.6 is 0 Å². The Morgan fingerprint density at radius 2 is 1.94 bits per heavy atom. The van der Waals surface area contributed by atoms with Crippen molar-refractivity contribution in [2.75, 3.05) is 20.1 Å². The summed E-state index contributed by atoms with van der Waals surface area (Å²) in [4.78, 5) is 2.36. The summed E-state index contributed by atoms with van der Waals surface area (Å²) in [5.74, 6) is 0. The molecule has 1 aromatic rings. The average Bonchev–Trinajstić information content (AvgIpc) is 2.30. The van der Waals surface area contributed by atoms with Crippen molar-refractivity contribution in [3.8, 4) is 0 Å². The van der Waals surface area contributed by atoms with E-state index in [0.717, 1.165) is 19.6 Å². The van der Waals surface area contributed by atoms with Crippen LogP contribution < -0.4 is 5.32 Å². The molecule has 1 rings (SSSR count). The van der Waals surface area contributed by atoms with Crippen LogP contribution in [0.5, 0.6) is 0 Å². The number of likely N-dealkylation sites (N-methyl/N-ethyl adjacent to an activating group) is 1. The second-order valence-corrected chi connectivity index (χ2v) is 4.87. The maximum absolute atomic E-state index is 3.56. The molecule has 17 heavy (non-hydrogen) atoms. The van der Waals surface area contributed by atoms with Crippen molar-refractivity contribution in [2.45, 2.75) is 39.3 Å². The van der Waals surface area contributed by atoms with Gasteiger partial charge in [0, 0.05) is 25.7 Å². The first-order chi connectivity index (χ1) is 8.22. The quantitative estimate of drug-likeness (QED) is 0.744. The Kier molecular flexibility index (Phi) is 6.90. The predicted octanol–water partition coefficient (Wildman–Crippen LogP) is 2.90. The van der Waals surface area contributed by atoms with Gasteiger partial charge in [-0.1, -0.05) is 43.7 Å². The van der Waals surface area contributed by atoms with E-state index in [1.807, 2.05) is 0 Å². The van der Waals surface area contributed by atoms with Crippen LogP contribution in [0.2, 0.25) is 0 Å². The van der Waals surface area contributed by atoms with Gasteiger partial charge in [-0.25, -0.2) is 0 Å². The van der Waals surface area contributed by atoms with Gasteiger partial charge < -0.3 is 10.2 Å². The van der Waals surface area contributed by atoms with E-state index in [-0.39, 0.29) is 0 Å². The molecule has 1 aromatic carbocycles. The molecule has 0 aliphatic carbocycles. The molecule has 0 fully saturated rings. The summed E-state index contributed by atoms with van der Waals surface area (Å²) in [7, 11) is 2.18. The van der Waals surface area contributed by atoms with Crippen molar-refractivity contribution in [3.05, 3.63) is 35.9 Å². The van der Waals surface area contributed by atoms with E-state index < -0.39 is 0 Å². The zero-order valence-corrected chi connectivity index (χ0v) is 11.4. The van der Waals surface area contributed by atoms with E-state index in [9.17, 15) is 0 Å². The molecular formula is C15H26N2. The lowest BCUT2D eigenvalue weighted by atomic mass is 10.2. The smallest absolute Gasteiger partial charge is 0.0231 e. The van der Waals surface area contributed by atoms with Gasteiger partial charge in [-0.15, -0.1) is 0 Å². The highest BCUT2D eigenvalue weighted by Gasteiger charge is 2.02. The van der Waals surface area contributed by atoms with Gasteiger partial charge in [0.1, 0.15) is 0 Å². The summed E-state index contributed by atoms with van der Waals surface area (Å²) in [6.07, 6.45) is 2.52. The summed E-state index contributed by atoms with van der Waals surface area (Å²) in [5, 5.41) is 3.56. The first-order valence-electron chi connectivity index (χ1n) is 6.68. The zero-order valence-electron chi connectivity index (χ0n) is 11.4. The largest absolute Gasteiger partial charge is 0.313 e. The van der Waals surface area contributed by atoms with Crippen molar-refractivity contribution in [3.63, 3.8) is 0 Å². The number of benzene rings is 1. The molecule has 1 N–H and O–H groups in total. The van der Waals surface area contributed by atoms with Crippen LogP contribution in [0, 0.1) is 0 Å². The monoisotopic (exact) mass is 234 g/mol. The van der Waals surface area contributed by atoms with E-state index >= 15 is 0 Å². The van der Waals surface area contributed by atoms with Crippen LogP contribution in [-0.4, -0.2) is 31.1 Å². The number of nitrogens with one attached hydrogen (secondary N) is 1. The normalized spacial score (nSPS) is 12.9. The molecule has 0 amide bonds. The fourth-order valence-electron chi connectivity index (χ4n) is 2.01. The van der Waals surface area contributed by atoms with Gasteiger partial charge >= 0.3 is 0 Å². The molecule has 0 aliphatic heterocycles. The Bertz CT molecular complexity index is 284. The van der Waals surface area contributed by atoms with Crippen LogP contribution in [0.15, 0.2) is 30.3 Å². The summed E-state index contributed by atoms with van der Waals surface area (Å²) in [6, 6.07) is 11.3. The van der Waals surface area contributed by atoms with E-state index in [1.165, 1.54) is 18.4 Å². The highest BCUT2D eigenvalue weighted by molar-refractivity contribution is 5.14. The Morgan fingerprint density at radius 3 is 2.59 bits per heavy atom. The zero-order chi connectivity index (χ0) is 12.5. The minimum absolute atomic E-state index is 0.644. The topological polar surface area (TPSA) is 15.3 Å². The van der Waals surface area contributed by atoms with Gasteiger partial charge in [0.05, 0.1) is 0 Å². The Morgan fingerprint density at radius 1 is 1.24 bits per heavy atom. The van der Waals surface area contributed by atoms with Crippen LogP contribution in [0.3, 0.4) is 0 Å². The highest BCUT2D eigenvalue weighted by Crippen LogP contribution is 2.02. The SMILES string of the molecule is CCCC(C)NCCN(C)Cc1ccccc1. The number of hydrogen-bond donors (Lipinski definition) is 1. The molecular weight excluding hydrogens is 208 g/mol. The molecule has 0 aliphatic rings. The van der Waals surface area contributed by atoms with Gasteiger partial charge in [-0.05, 0) is 26.0 Å². The maximum Gasteiger partial charge on any atom is 0.0231 e. The standard InChI is InChI=1S/C15H26N2/c1-4-8-14(2)16-11-12-17(3)13-15-9-6-5-7-10-15/h5-7,9-10,14,16H,4,8,11-13H2,1-3H3. The van der Waals surface area contributed by atoms with Crippen LogP contribution in [0.25, 0.3) is 0 Å². The molecule has 0 heterocycles. The number of hydrogen-bond acceptors (Lipinski definition) is 2. The van der Waals surface area contributed by atoms with E-state index in [4.69, 9.17) is 0 Å². The van der Waals surface area contributed by atoms with Crippen molar-refractivity contribution in [1.29, 1.82) is 0 Å². The van der Waals surface area contributed by atoms with E-state index in [2.05, 4.69) is 61.4 Å². The summed E-state index contributed by atoms with van der Waals surface area (Å²) in [6.45, 7) is 7.71. The Balaban J connectivity index is 2.15. The van der Waals surface area contributed by atoms with Crippen molar-refractivity contribution < 1.29 is 0 Å². The third-order valence-corrected chi connectivity index (χ3v) is 3.00. The van der Waals surface area contributed by atoms with Crippen LogP contribution in [0.4, 0.5) is 0 Å². The lowest BCUT2D eigenvalue weighted by Crippen LogP contribution is -2.34. The van der Waals surface area contributed by atoms with Gasteiger partial charge in [-0.2, -0.15) is 0 Å². The average molecular weight is 234 g/mol. The molecule has 96 valence electrons. The minimum Gasteiger partial charge on any atom is -0.313 e. The van der Waals surface area contributed by atoms with E-state index in [0.29, 0.717) is 6.04 Å². The molecule has 0 bridgehead atoms. The first-order valence-corrected chi connectivity index (χ1v) is 6.68. The summed E-state index contributed by atoms with van der Waals surface area (Å²) in [5.41, 5.74) is 1.39. The Hall–Kier alpha value is -0.860. The van der Waals surface area contributed by atoms with Crippen LogP contribution in [-0.2, 0) is 6.54 Å². The summed E-state index contributed by atoms with van der Waals surface area (Å²) >= 11 is 0. The molecule has 0 aromatic heterocycles. The first kappa shape index (κ1) is 14.2. The summed E-state index contributed by atoms with van der Waals surface area (Å²) < 4.78 is 0. The second kappa shape index (κ2) is 8.26. The van der Waals surface area contributed by atoms with Gasteiger partial charge in [-0.3, -0.25) is 0 Å². The molecule has 1 unspecified atom stereocenters. The third-order valence-electron chi connectivity index (χ3n) is 3.00. The number of rotatable bonds is 8. The molecule has 0 saturated carbocycles. The maximum atomic E-state index is 3.56. The number of nitrogens with zero attached hydrogens (tertiary/aromatic N) is 1. The lowest BCUT2D eigenvalue weighted by molar-refractivity contribution is 0.316. The molecule has 2 nitrogen and oxygen atoms in total. The van der Waals surface area contributed by atoms with Crippen LogP contribution in [0.1, 0.15) is 32.3 Å². The highest BCUT2D eigenvalue weighted by atomic mass is 15.1. The predicted molar refractivity (Wildman–Crippen MR) is 75.1 cm³/mol.